The van der Waals surface area contributed by atoms with Gasteiger partial charge in [-0.3, -0.25) is 10.4 Å². The first-order chi connectivity index (χ1) is 7.36. The topological polar surface area (TPSA) is 62.4 Å². The third kappa shape index (κ3) is 4.80. The van der Waals surface area contributed by atoms with Gasteiger partial charge in [0, 0.05) is 18.0 Å². The first-order valence-electron chi connectivity index (χ1n) is 5.14. The van der Waals surface area contributed by atoms with Gasteiger partial charge in [-0.05, 0) is 24.3 Å². The lowest BCUT2D eigenvalue weighted by Crippen LogP contribution is -2.42. The van der Waals surface area contributed by atoms with Crippen LogP contribution in [0.3, 0.4) is 0 Å². The Hall–Kier alpha value is -1.07. The van der Waals surface area contributed by atoms with Gasteiger partial charge in [0.25, 0.3) is 0 Å². The zero-order valence-corrected chi connectivity index (χ0v) is 9.81. The maximum atomic E-state index is 5.33. The lowest BCUT2D eigenvalue weighted by Gasteiger charge is -2.07. The van der Waals surface area contributed by atoms with Crippen molar-refractivity contribution in [1.82, 2.24) is 10.7 Å². The Kier molecular flexibility index (Phi) is 5.80. The van der Waals surface area contributed by atoms with E-state index in [-0.39, 0.29) is 0 Å². The van der Waals surface area contributed by atoms with Gasteiger partial charge >= 0.3 is 0 Å². The van der Waals surface area contributed by atoms with Crippen molar-refractivity contribution in [1.29, 1.82) is 0 Å². The molecule has 0 saturated heterocycles. The molecule has 0 unspecified atom stereocenters. The molecule has 4 nitrogen and oxygen atoms in total. The largest absolute Gasteiger partial charge is 0.355 e. The summed E-state index contributed by atoms with van der Waals surface area (Å²) < 4.78 is 0. The monoisotopic (exact) mass is 226 g/mol. The van der Waals surface area contributed by atoms with Crippen molar-refractivity contribution in [3.05, 3.63) is 22.4 Å². The molecule has 1 heterocycles. The van der Waals surface area contributed by atoms with Crippen LogP contribution in [0.5, 0.6) is 0 Å². The minimum Gasteiger partial charge on any atom is -0.355 e. The average molecular weight is 226 g/mol. The summed E-state index contributed by atoms with van der Waals surface area (Å²) in [7, 11) is 0. The SMILES string of the molecule is CCCN=C(NN)NCCc1cccs1. The summed E-state index contributed by atoms with van der Waals surface area (Å²) in [5.41, 5.74) is 2.56. The van der Waals surface area contributed by atoms with Crippen molar-refractivity contribution < 1.29 is 0 Å². The van der Waals surface area contributed by atoms with Gasteiger partial charge in [-0.2, -0.15) is 0 Å². The zero-order chi connectivity index (χ0) is 10.9. The summed E-state index contributed by atoms with van der Waals surface area (Å²) >= 11 is 1.77. The first-order valence-corrected chi connectivity index (χ1v) is 6.02. The number of nitrogens with zero attached hydrogens (tertiary/aromatic N) is 1. The van der Waals surface area contributed by atoms with E-state index in [0.29, 0.717) is 5.96 Å². The van der Waals surface area contributed by atoms with Crippen molar-refractivity contribution in [2.45, 2.75) is 19.8 Å². The smallest absolute Gasteiger partial charge is 0.205 e. The Morgan fingerprint density at radius 3 is 3.07 bits per heavy atom. The van der Waals surface area contributed by atoms with Crippen molar-refractivity contribution >= 4 is 17.3 Å². The average Bonchev–Trinajstić information content (AvgIpc) is 2.76. The molecule has 1 rings (SSSR count). The summed E-state index contributed by atoms with van der Waals surface area (Å²) in [4.78, 5) is 5.62. The zero-order valence-electron chi connectivity index (χ0n) is 8.99. The molecule has 1 aromatic heterocycles. The summed E-state index contributed by atoms with van der Waals surface area (Å²) in [6.07, 6.45) is 2.03. The minimum atomic E-state index is 0.674. The van der Waals surface area contributed by atoms with Crippen LogP contribution in [-0.4, -0.2) is 19.0 Å². The van der Waals surface area contributed by atoms with Gasteiger partial charge in [0.15, 0.2) is 0 Å². The summed E-state index contributed by atoms with van der Waals surface area (Å²) in [5.74, 6) is 6.01. The number of nitrogens with one attached hydrogen (secondary N) is 2. The summed E-state index contributed by atoms with van der Waals surface area (Å²) in [5, 5.41) is 5.25. The molecule has 0 atom stereocenters. The number of nitrogens with two attached hydrogens (primary N) is 1. The predicted octanol–water partition coefficient (Wildman–Crippen LogP) is 1.11. The second-order valence-corrected chi connectivity index (χ2v) is 4.16. The number of aliphatic imine (C=N–C) groups is 1. The number of rotatable bonds is 5. The van der Waals surface area contributed by atoms with Crippen molar-refractivity contribution in [3.8, 4) is 0 Å². The van der Waals surface area contributed by atoms with Gasteiger partial charge in [0.2, 0.25) is 5.96 Å². The molecule has 0 amide bonds. The van der Waals surface area contributed by atoms with Crippen LogP contribution >= 0.6 is 11.3 Å². The number of guanidine groups is 1. The van der Waals surface area contributed by atoms with E-state index in [0.717, 1.165) is 25.9 Å². The summed E-state index contributed by atoms with van der Waals surface area (Å²) in [6, 6.07) is 4.19. The molecule has 0 saturated carbocycles. The third-order valence-corrected chi connectivity index (χ3v) is 2.81. The number of hydrazine groups is 1. The quantitative estimate of drug-likeness (QED) is 0.305. The molecule has 0 bridgehead atoms. The van der Waals surface area contributed by atoms with Gasteiger partial charge in [-0.1, -0.05) is 13.0 Å². The van der Waals surface area contributed by atoms with Crippen molar-refractivity contribution in [3.63, 3.8) is 0 Å². The molecular formula is C10H18N4S. The van der Waals surface area contributed by atoms with Gasteiger partial charge in [0.05, 0.1) is 0 Å². The molecule has 5 heteroatoms. The molecule has 0 aliphatic rings. The highest BCUT2D eigenvalue weighted by Crippen LogP contribution is 2.07. The maximum absolute atomic E-state index is 5.33. The summed E-state index contributed by atoms with van der Waals surface area (Å²) in [6.45, 7) is 3.74. The third-order valence-electron chi connectivity index (χ3n) is 1.87. The molecule has 0 radical (unpaired) electrons. The molecule has 0 aromatic carbocycles. The van der Waals surface area contributed by atoms with Gasteiger partial charge < -0.3 is 5.32 Å². The van der Waals surface area contributed by atoms with E-state index >= 15 is 0 Å². The van der Waals surface area contributed by atoms with Gasteiger partial charge in [-0.25, -0.2) is 5.84 Å². The minimum absolute atomic E-state index is 0.674. The van der Waals surface area contributed by atoms with Crippen molar-refractivity contribution in [2.75, 3.05) is 13.1 Å². The van der Waals surface area contributed by atoms with Crippen LogP contribution in [-0.2, 0) is 6.42 Å². The Morgan fingerprint density at radius 1 is 1.60 bits per heavy atom. The molecule has 4 N–H and O–H groups in total. The van der Waals surface area contributed by atoms with E-state index in [2.05, 4.69) is 40.2 Å². The van der Waals surface area contributed by atoms with Crippen LogP contribution in [0.15, 0.2) is 22.5 Å². The van der Waals surface area contributed by atoms with Crippen LogP contribution < -0.4 is 16.6 Å². The molecule has 0 aliphatic heterocycles. The fourth-order valence-corrected chi connectivity index (χ4v) is 1.84. The standard InChI is InChI=1S/C10H18N4S/c1-2-6-12-10(14-11)13-7-5-9-4-3-8-15-9/h3-4,8H,2,5-7,11H2,1H3,(H2,12,13,14). The molecule has 0 spiro atoms. The van der Waals surface area contributed by atoms with Crippen LogP contribution in [0.25, 0.3) is 0 Å². The van der Waals surface area contributed by atoms with Crippen LogP contribution in [0.1, 0.15) is 18.2 Å². The van der Waals surface area contributed by atoms with Crippen LogP contribution in [0, 0.1) is 0 Å². The Morgan fingerprint density at radius 2 is 2.47 bits per heavy atom. The molecule has 84 valence electrons. The van der Waals surface area contributed by atoms with Crippen molar-refractivity contribution in [2.24, 2.45) is 10.8 Å². The van der Waals surface area contributed by atoms with E-state index in [9.17, 15) is 0 Å². The number of hydrogen-bond acceptors (Lipinski definition) is 3. The van der Waals surface area contributed by atoms with E-state index in [4.69, 9.17) is 5.84 Å². The predicted molar refractivity (Wildman–Crippen MR) is 65.9 cm³/mol. The molecule has 0 aliphatic carbocycles. The highest BCUT2D eigenvalue weighted by atomic mass is 32.1. The first kappa shape index (κ1) is 12.0. The normalized spacial score (nSPS) is 11.5. The van der Waals surface area contributed by atoms with Gasteiger partial charge in [0.1, 0.15) is 0 Å². The second-order valence-electron chi connectivity index (χ2n) is 3.13. The fraction of sp³-hybridized carbons (Fsp3) is 0.500. The van der Waals surface area contributed by atoms with E-state index in [1.165, 1.54) is 4.88 Å². The van der Waals surface area contributed by atoms with Crippen LogP contribution in [0.2, 0.25) is 0 Å². The number of thiophene rings is 1. The Balaban J connectivity index is 2.23. The maximum Gasteiger partial charge on any atom is 0.205 e. The molecular weight excluding hydrogens is 208 g/mol. The number of hydrogen-bond donors (Lipinski definition) is 3. The lowest BCUT2D eigenvalue weighted by molar-refractivity contribution is 0.804. The van der Waals surface area contributed by atoms with Gasteiger partial charge in [-0.15, -0.1) is 11.3 Å². The molecule has 1 aromatic rings. The van der Waals surface area contributed by atoms with E-state index in [1.54, 1.807) is 11.3 Å². The Bertz CT molecular complexity index is 282. The van der Waals surface area contributed by atoms with E-state index < -0.39 is 0 Å². The molecule has 15 heavy (non-hydrogen) atoms. The molecule has 0 fully saturated rings. The fourth-order valence-electron chi connectivity index (χ4n) is 1.14. The highest BCUT2D eigenvalue weighted by molar-refractivity contribution is 7.09. The van der Waals surface area contributed by atoms with E-state index in [1.807, 2.05) is 0 Å². The lowest BCUT2D eigenvalue weighted by atomic mass is 10.3. The van der Waals surface area contributed by atoms with Crippen LogP contribution in [0.4, 0.5) is 0 Å². The Labute approximate surface area is 94.6 Å². The highest BCUT2D eigenvalue weighted by Gasteiger charge is 1.96. The second kappa shape index (κ2) is 7.25.